The van der Waals surface area contributed by atoms with Crippen molar-refractivity contribution in [3.63, 3.8) is 0 Å². The van der Waals surface area contributed by atoms with Crippen molar-refractivity contribution in [2.45, 2.75) is 23.8 Å². The molecule has 0 aliphatic carbocycles. The van der Waals surface area contributed by atoms with Crippen LogP contribution in [0, 0.1) is 10.1 Å². The van der Waals surface area contributed by atoms with Gasteiger partial charge in [-0.25, -0.2) is 8.42 Å². The molecule has 1 N–H and O–H groups in total. The molecule has 34 heavy (non-hydrogen) atoms. The number of nitrogens with zero attached hydrogens (tertiary/aromatic N) is 4. The third kappa shape index (κ3) is 4.73. The lowest BCUT2D eigenvalue weighted by Gasteiger charge is -2.22. The summed E-state index contributed by atoms with van der Waals surface area (Å²) >= 11 is 6.94. The van der Waals surface area contributed by atoms with E-state index in [4.69, 9.17) is 16.3 Å². The van der Waals surface area contributed by atoms with Gasteiger partial charge in [0.25, 0.3) is 5.69 Å². The maximum absolute atomic E-state index is 13.2. The van der Waals surface area contributed by atoms with Gasteiger partial charge in [0.1, 0.15) is 21.8 Å². The van der Waals surface area contributed by atoms with Crippen LogP contribution >= 0.6 is 22.9 Å². The maximum atomic E-state index is 13.2. The van der Waals surface area contributed by atoms with Crippen molar-refractivity contribution in [3.05, 3.63) is 57.6 Å². The van der Waals surface area contributed by atoms with Gasteiger partial charge in [-0.15, -0.1) is 10.2 Å². The van der Waals surface area contributed by atoms with Crippen molar-refractivity contribution in [1.29, 1.82) is 0 Å². The van der Waals surface area contributed by atoms with Crippen LogP contribution in [0.15, 0.2) is 47.4 Å². The number of nitro groups is 1. The average Bonchev–Trinajstić information content (AvgIpc) is 3.49. The van der Waals surface area contributed by atoms with E-state index in [2.05, 4.69) is 15.5 Å². The van der Waals surface area contributed by atoms with Crippen molar-refractivity contribution in [2.75, 3.05) is 19.0 Å². The van der Waals surface area contributed by atoms with Gasteiger partial charge in [-0.2, -0.15) is 4.31 Å². The Hall–Kier alpha value is -3.13. The standard InChI is InChI=1S/C20H18ClN5O6S2/c1-32-13-5-2-4-12(10-13)19-23-24-20(33-19)22-18(27)16-6-3-9-25(16)34(30,31)14-7-8-15(21)17(11-14)26(28)29/h2,4-5,7-8,10-11,16H,3,6,9H2,1H3,(H,22,24,27). The number of nitro benzene ring substituents is 1. The molecule has 0 radical (unpaired) electrons. The SMILES string of the molecule is COc1cccc(-c2nnc(NC(=O)C3CCCN3S(=O)(=O)c3ccc(Cl)c([N+](=O)[O-])c3)s2)c1. The van der Waals surface area contributed by atoms with E-state index in [0.717, 1.165) is 33.3 Å². The Bertz CT molecular complexity index is 1360. The normalized spacial score (nSPS) is 16.4. The number of methoxy groups -OCH3 is 1. The average molecular weight is 524 g/mol. The van der Waals surface area contributed by atoms with E-state index in [-0.39, 0.29) is 21.6 Å². The summed E-state index contributed by atoms with van der Waals surface area (Å²) in [5.41, 5.74) is 0.230. The Labute approximate surface area is 203 Å². The summed E-state index contributed by atoms with van der Waals surface area (Å²) in [4.78, 5) is 23.1. The number of ether oxygens (including phenoxy) is 1. The topological polar surface area (TPSA) is 145 Å². The minimum Gasteiger partial charge on any atom is -0.497 e. The summed E-state index contributed by atoms with van der Waals surface area (Å²) in [6, 6.07) is 9.43. The van der Waals surface area contributed by atoms with Crippen LogP contribution in [-0.2, 0) is 14.8 Å². The van der Waals surface area contributed by atoms with Crippen LogP contribution in [0.5, 0.6) is 5.75 Å². The van der Waals surface area contributed by atoms with E-state index in [0.29, 0.717) is 23.6 Å². The third-order valence-corrected chi connectivity index (χ3v) is 8.31. The molecule has 14 heteroatoms. The molecule has 1 aromatic heterocycles. The number of nitrogens with one attached hydrogen (secondary N) is 1. The predicted molar refractivity (Wildman–Crippen MR) is 126 cm³/mol. The summed E-state index contributed by atoms with van der Waals surface area (Å²) in [5.74, 6) is 0.0883. The first kappa shape index (κ1) is 24.0. The Morgan fingerprint density at radius 3 is 2.82 bits per heavy atom. The molecule has 1 amide bonds. The van der Waals surface area contributed by atoms with Crippen LogP contribution in [0.25, 0.3) is 10.6 Å². The van der Waals surface area contributed by atoms with Crippen LogP contribution in [-0.4, -0.2) is 53.4 Å². The largest absolute Gasteiger partial charge is 0.497 e. The van der Waals surface area contributed by atoms with Gasteiger partial charge in [0, 0.05) is 18.2 Å². The number of hydrogen-bond acceptors (Lipinski definition) is 9. The Morgan fingerprint density at radius 2 is 2.09 bits per heavy atom. The molecule has 0 spiro atoms. The van der Waals surface area contributed by atoms with E-state index < -0.39 is 32.6 Å². The smallest absolute Gasteiger partial charge is 0.289 e. The molecular weight excluding hydrogens is 506 g/mol. The van der Waals surface area contributed by atoms with Crippen molar-refractivity contribution >= 4 is 49.7 Å². The highest BCUT2D eigenvalue weighted by Crippen LogP contribution is 2.33. The molecular formula is C20H18ClN5O6S2. The number of benzene rings is 2. The second-order valence-corrected chi connectivity index (χ2v) is 10.6. The first-order valence-corrected chi connectivity index (χ1v) is 12.6. The fourth-order valence-corrected chi connectivity index (χ4v) is 6.16. The highest BCUT2D eigenvalue weighted by atomic mass is 35.5. The van der Waals surface area contributed by atoms with Gasteiger partial charge in [-0.3, -0.25) is 20.2 Å². The van der Waals surface area contributed by atoms with Gasteiger partial charge in [0.05, 0.1) is 16.9 Å². The molecule has 1 aliphatic heterocycles. The second kappa shape index (κ2) is 9.62. The molecule has 1 atom stereocenters. The number of aromatic nitrogens is 2. The molecule has 1 saturated heterocycles. The monoisotopic (exact) mass is 523 g/mol. The molecule has 4 rings (SSSR count). The van der Waals surface area contributed by atoms with E-state index in [1.54, 1.807) is 25.3 Å². The van der Waals surface area contributed by atoms with Gasteiger partial charge < -0.3 is 4.74 Å². The molecule has 1 fully saturated rings. The Kier molecular flexibility index (Phi) is 6.79. The Balaban J connectivity index is 1.53. The van der Waals surface area contributed by atoms with Crippen molar-refractivity contribution < 1.29 is 22.9 Å². The van der Waals surface area contributed by atoms with Gasteiger partial charge in [0.15, 0.2) is 0 Å². The minimum atomic E-state index is -4.18. The minimum absolute atomic E-state index is 0.0992. The zero-order chi connectivity index (χ0) is 24.5. The second-order valence-electron chi connectivity index (χ2n) is 7.28. The lowest BCUT2D eigenvalue weighted by molar-refractivity contribution is -0.384. The number of carbonyl (C=O) groups excluding carboxylic acids is 1. The number of rotatable bonds is 7. The zero-order valence-corrected chi connectivity index (χ0v) is 20.1. The quantitative estimate of drug-likeness (QED) is 0.365. The number of hydrogen-bond donors (Lipinski definition) is 1. The summed E-state index contributed by atoms with van der Waals surface area (Å²) in [6.07, 6.45) is 0.750. The van der Waals surface area contributed by atoms with Crippen LogP contribution < -0.4 is 10.1 Å². The van der Waals surface area contributed by atoms with E-state index in [9.17, 15) is 23.3 Å². The Morgan fingerprint density at radius 1 is 1.29 bits per heavy atom. The maximum Gasteiger partial charge on any atom is 0.289 e. The van der Waals surface area contributed by atoms with Crippen molar-refractivity contribution in [3.8, 4) is 16.3 Å². The third-order valence-electron chi connectivity index (χ3n) is 5.20. The fraction of sp³-hybridized carbons (Fsp3) is 0.250. The van der Waals surface area contributed by atoms with Crippen LogP contribution in [0.1, 0.15) is 12.8 Å². The summed E-state index contributed by atoms with van der Waals surface area (Å²) < 4.78 is 32.6. The predicted octanol–water partition coefficient (Wildman–Crippen LogP) is 3.57. The summed E-state index contributed by atoms with van der Waals surface area (Å²) in [6.45, 7) is 0.0992. The lowest BCUT2D eigenvalue weighted by Crippen LogP contribution is -2.43. The van der Waals surface area contributed by atoms with Crippen LogP contribution in [0.2, 0.25) is 5.02 Å². The van der Waals surface area contributed by atoms with Gasteiger partial charge in [0.2, 0.25) is 21.1 Å². The highest BCUT2D eigenvalue weighted by Gasteiger charge is 2.40. The molecule has 1 aliphatic rings. The molecule has 0 saturated carbocycles. The van der Waals surface area contributed by atoms with Gasteiger partial charge in [-0.05, 0) is 37.1 Å². The van der Waals surface area contributed by atoms with Crippen LogP contribution in [0.4, 0.5) is 10.8 Å². The lowest BCUT2D eigenvalue weighted by atomic mass is 10.2. The number of amides is 1. The first-order chi connectivity index (χ1) is 16.2. The van der Waals surface area contributed by atoms with E-state index in [1.165, 1.54) is 6.07 Å². The molecule has 11 nitrogen and oxygen atoms in total. The highest BCUT2D eigenvalue weighted by molar-refractivity contribution is 7.89. The number of carbonyl (C=O) groups is 1. The van der Waals surface area contributed by atoms with Crippen molar-refractivity contribution in [2.24, 2.45) is 0 Å². The molecule has 3 aromatic rings. The summed E-state index contributed by atoms with van der Waals surface area (Å²) in [5, 5.41) is 22.5. The number of anilines is 1. The molecule has 178 valence electrons. The van der Waals surface area contributed by atoms with Gasteiger partial charge >= 0.3 is 0 Å². The zero-order valence-electron chi connectivity index (χ0n) is 17.7. The first-order valence-electron chi connectivity index (χ1n) is 9.95. The molecule has 0 bridgehead atoms. The van der Waals surface area contributed by atoms with E-state index >= 15 is 0 Å². The molecule has 2 aromatic carbocycles. The number of sulfonamides is 1. The van der Waals surface area contributed by atoms with Crippen molar-refractivity contribution in [1.82, 2.24) is 14.5 Å². The summed E-state index contributed by atoms with van der Waals surface area (Å²) in [7, 11) is -2.63. The fourth-order valence-electron chi connectivity index (χ4n) is 3.55. The van der Waals surface area contributed by atoms with Gasteiger partial charge in [-0.1, -0.05) is 35.1 Å². The molecule has 1 unspecified atom stereocenters. The van der Waals surface area contributed by atoms with E-state index in [1.807, 2.05) is 6.07 Å². The molecule has 2 heterocycles. The van der Waals surface area contributed by atoms with Crippen LogP contribution in [0.3, 0.4) is 0 Å². The number of halogens is 1.